The Kier molecular flexibility index (Phi) is 8.84. The van der Waals surface area contributed by atoms with Gasteiger partial charge < -0.3 is 14.2 Å². The number of halogens is 2. The van der Waals surface area contributed by atoms with E-state index in [4.69, 9.17) is 14.2 Å². The third-order valence-electron chi connectivity index (χ3n) is 4.83. The average molecular weight is 595 g/mol. The second kappa shape index (κ2) is 11.6. The minimum Gasteiger partial charge on any atom is -0.490 e. The summed E-state index contributed by atoms with van der Waals surface area (Å²) in [6.45, 7) is 5.85. The number of aryl methyl sites for hydroxylation is 1. The van der Waals surface area contributed by atoms with E-state index in [0.29, 0.717) is 51.3 Å². The zero-order chi connectivity index (χ0) is 24.8. The van der Waals surface area contributed by atoms with Crippen LogP contribution in [0.4, 0.5) is 0 Å². The van der Waals surface area contributed by atoms with E-state index >= 15 is 0 Å². The van der Waals surface area contributed by atoms with Crippen LogP contribution in [0.15, 0.2) is 49.2 Å². The van der Waals surface area contributed by atoms with Crippen LogP contribution >= 0.6 is 31.9 Å². The molecule has 0 fully saturated rings. The first-order valence-corrected chi connectivity index (χ1v) is 12.3. The van der Waals surface area contributed by atoms with Crippen molar-refractivity contribution in [3.05, 3.63) is 61.0 Å². The second-order valence-corrected chi connectivity index (χ2v) is 9.12. The van der Waals surface area contributed by atoms with Gasteiger partial charge in [0, 0.05) is 10.9 Å². The van der Waals surface area contributed by atoms with Gasteiger partial charge >= 0.3 is 5.97 Å². The largest absolute Gasteiger partial charge is 0.490 e. The summed E-state index contributed by atoms with van der Waals surface area (Å²) >= 11 is 6.89. The van der Waals surface area contributed by atoms with E-state index in [1.165, 1.54) is 11.8 Å². The molecule has 180 valence electrons. The Labute approximate surface area is 214 Å². The quantitative estimate of drug-likeness (QED) is 0.253. The molecule has 0 saturated heterocycles. The first kappa shape index (κ1) is 25.9. The zero-order valence-electron chi connectivity index (χ0n) is 19.3. The fourth-order valence-corrected chi connectivity index (χ4v) is 4.17. The summed E-state index contributed by atoms with van der Waals surface area (Å²) in [6.07, 6.45) is 2.16. The molecule has 34 heavy (non-hydrogen) atoms. The van der Waals surface area contributed by atoms with E-state index in [0.717, 1.165) is 10.9 Å². The summed E-state index contributed by atoms with van der Waals surface area (Å²) in [6, 6.07) is 8.90. The molecule has 0 unspecified atom stereocenters. The van der Waals surface area contributed by atoms with Crippen molar-refractivity contribution >= 4 is 54.9 Å². The van der Waals surface area contributed by atoms with Gasteiger partial charge in [0.05, 0.1) is 35.3 Å². The van der Waals surface area contributed by atoms with Crippen LogP contribution in [-0.4, -0.2) is 41.7 Å². The molecule has 10 heteroatoms. The average Bonchev–Trinajstić information content (AvgIpc) is 2.81. The van der Waals surface area contributed by atoms with Gasteiger partial charge in [-0.25, -0.2) is 9.78 Å². The molecule has 3 aromatic rings. The number of nitrogens with zero attached hydrogens (tertiary/aromatic N) is 3. The number of ether oxygens (including phenoxy) is 3. The highest BCUT2D eigenvalue weighted by atomic mass is 79.9. The van der Waals surface area contributed by atoms with Crippen molar-refractivity contribution in [1.29, 1.82) is 0 Å². The molecule has 3 rings (SSSR count). The van der Waals surface area contributed by atoms with Gasteiger partial charge in [0.1, 0.15) is 5.82 Å². The maximum atomic E-state index is 13.2. The molecule has 0 aliphatic carbocycles. The molecule has 8 nitrogen and oxygen atoms in total. The number of esters is 1. The molecular formula is C24H25Br2N3O5. The lowest BCUT2D eigenvalue weighted by Crippen LogP contribution is -2.25. The molecule has 0 aliphatic rings. The second-order valence-electron chi connectivity index (χ2n) is 7.35. The van der Waals surface area contributed by atoms with E-state index in [1.807, 2.05) is 26.0 Å². The highest BCUT2D eigenvalue weighted by molar-refractivity contribution is 9.10. The van der Waals surface area contributed by atoms with Crippen LogP contribution in [0.25, 0.3) is 10.9 Å². The van der Waals surface area contributed by atoms with Crippen molar-refractivity contribution in [3.63, 3.8) is 0 Å². The summed E-state index contributed by atoms with van der Waals surface area (Å²) in [4.78, 5) is 29.6. The Balaban J connectivity index is 2.05. The minimum atomic E-state index is -0.821. The zero-order valence-corrected chi connectivity index (χ0v) is 22.5. The monoisotopic (exact) mass is 593 g/mol. The SMILES string of the molecule is CCCc1nc2ccc(Br)cc2c(=O)n1N=Cc1cc(Br)c(O[C@@H](C)C(=O)OC)c(OCC)c1. The molecule has 0 N–H and O–H groups in total. The number of hydrogen-bond donors (Lipinski definition) is 0. The normalized spacial score (nSPS) is 12.2. The Morgan fingerprint density at radius 3 is 2.68 bits per heavy atom. The Bertz CT molecular complexity index is 1290. The third kappa shape index (κ3) is 5.85. The number of hydrogen-bond acceptors (Lipinski definition) is 7. The molecule has 0 spiro atoms. The number of rotatable bonds is 9. The van der Waals surface area contributed by atoms with Gasteiger partial charge in [-0.1, -0.05) is 22.9 Å². The number of aromatic nitrogens is 2. The van der Waals surface area contributed by atoms with Crippen molar-refractivity contribution in [3.8, 4) is 11.5 Å². The highest BCUT2D eigenvalue weighted by Gasteiger charge is 2.20. The number of benzene rings is 2. The van der Waals surface area contributed by atoms with Crippen LogP contribution in [0, 0.1) is 0 Å². The van der Waals surface area contributed by atoms with Crippen LogP contribution in [-0.2, 0) is 16.0 Å². The number of carbonyl (C=O) groups excluding carboxylic acids is 1. The van der Waals surface area contributed by atoms with Crippen LogP contribution < -0.4 is 15.0 Å². The van der Waals surface area contributed by atoms with Crippen molar-refractivity contribution in [2.75, 3.05) is 13.7 Å². The van der Waals surface area contributed by atoms with Crippen molar-refractivity contribution < 1.29 is 19.0 Å². The number of fused-ring (bicyclic) bond motifs is 1. The molecule has 1 aromatic heterocycles. The molecule has 2 aromatic carbocycles. The predicted octanol–water partition coefficient (Wildman–Crippen LogP) is 5.10. The van der Waals surface area contributed by atoms with Gasteiger partial charge in [-0.15, -0.1) is 0 Å². The smallest absolute Gasteiger partial charge is 0.346 e. The van der Waals surface area contributed by atoms with E-state index in [9.17, 15) is 9.59 Å². The third-order valence-corrected chi connectivity index (χ3v) is 5.91. The number of carbonyl (C=O) groups is 1. The molecule has 0 saturated carbocycles. The summed E-state index contributed by atoms with van der Waals surface area (Å²) in [5, 5.41) is 4.93. The topological polar surface area (TPSA) is 92.0 Å². The predicted molar refractivity (Wildman–Crippen MR) is 138 cm³/mol. The molecule has 1 heterocycles. The number of methoxy groups -OCH3 is 1. The summed E-state index contributed by atoms with van der Waals surface area (Å²) in [5.41, 5.74) is 1.05. The molecule has 0 amide bonds. The van der Waals surface area contributed by atoms with Crippen LogP contribution in [0.2, 0.25) is 0 Å². The lowest BCUT2D eigenvalue weighted by atomic mass is 10.2. The fraction of sp³-hybridized carbons (Fsp3) is 0.333. The summed E-state index contributed by atoms with van der Waals surface area (Å²) in [5.74, 6) is 0.876. The van der Waals surface area contributed by atoms with E-state index in [-0.39, 0.29) is 5.56 Å². The standard InChI is InChI=1S/C24H25Br2N3O5/c1-5-7-21-28-19-9-8-16(25)12-17(19)23(30)29(21)27-13-15-10-18(26)22(20(11-15)33-6-2)34-14(3)24(31)32-4/h8-14H,5-7H2,1-4H3/t14-/m0/s1. The maximum absolute atomic E-state index is 13.2. The van der Waals surface area contributed by atoms with Crippen LogP contribution in [0.1, 0.15) is 38.6 Å². The van der Waals surface area contributed by atoms with Gasteiger partial charge in [0.25, 0.3) is 5.56 Å². The maximum Gasteiger partial charge on any atom is 0.346 e. The Morgan fingerprint density at radius 1 is 1.24 bits per heavy atom. The highest BCUT2D eigenvalue weighted by Crippen LogP contribution is 2.37. The van der Waals surface area contributed by atoms with Crippen molar-refractivity contribution in [2.24, 2.45) is 5.10 Å². The van der Waals surface area contributed by atoms with E-state index in [2.05, 4.69) is 41.9 Å². The van der Waals surface area contributed by atoms with Gasteiger partial charge in [-0.05, 0) is 72.1 Å². The fourth-order valence-electron chi connectivity index (χ4n) is 3.25. The summed E-state index contributed by atoms with van der Waals surface area (Å²) < 4.78 is 18.9. The van der Waals surface area contributed by atoms with Gasteiger partial charge in [-0.2, -0.15) is 9.78 Å². The lowest BCUT2D eigenvalue weighted by molar-refractivity contribution is -0.147. The molecule has 1 atom stereocenters. The minimum absolute atomic E-state index is 0.248. The molecule has 0 radical (unpaired) electrons. The lowest BCUT2D eigenvalue weighted by Gasteiger charge is -2.17. The Hall–Kier alpha value is -2.72. The van der Waals surface area contributed by atoms with Gasteiger partial charge in [-0.3, -0.25) is 4.79 Å². The molecular weight excluding hydrogens is 570 g/mol. The van der Waals surface area contributed by atoms with Gasteiger partial charge in [0.2, 0.25) is 0 Å². The van der Waals surface area contributed by atoms with Crippen LogP contribution in [0.3, 0.4) is 0 Å². The van der Waals surface area contributed by atoms with Gasteiger partial charge in [0.15, 0.2) is 17.6 Å². The van der Waals surface area contributed by atoms with Crippen LogP contribution in [0.5, 0.6) is 11.5 Å². The molecule has 0 bridgehead atoms. The first-order valence-electron chi connectivity index (χ1n) is 10.7. The van der Waals surface area contributed by atoms with Crippen molar-refractivity contribution in [2.45, 2.75) is 39.7 Å². The van der Waals surface area contributed by atoms with E-state index < -0.39 is 12.1 Å². The van der Waals surface area contributed by atoms with E-state index in [1.54, 1.807) is 31.3 Å². The van der Waals surface area contributed by atoms with Crippen molar-refractivity contribution in [1.82, 2.24) is 9.66 Å². The Morgan fingerprint density at radius 2 is 2.00 bits per heavy atom. The first-order chi connectivity index (χ1) is 16.3. The molecule has 0 aliphatic heterocycles. The summed E-state index contributed by atoms with van der Waals surface area (Å²) in [7, 11) is 1.30.